The molecular formula is C21H35IN4O2. The van der Waals surface area contributed by atoms with Crippen molar-refractivity contribution in [3.05, 3.63) is 35.4 Å². The maximum atomic E-state index is 12.2. The Morgan fingerprint density at radius 2 is 2.00 bits per heavy atom. The van der Waals surface area contributed by atoms with Gasteiger partial charge in [-0.2, -0.15) is 0 Å². The van der Waals surface area contributed by atoms with Gasteiger partial charge in [0.2, 0.25) is 5.91 Å². The molecule has 7 heteroatoms. The average Bonchev–Trinajstić information content (AvgIpc) is 3.13. The number of likely N-dealkylation sites (tertiary alicyclic amines) is 1. The Kier molecular flexibility index (Phi) is 11.4. The maximum Gasteiger partial charge on any atom is 0.225 e. The fraction of sp³-hybridized carbons (Fsp3) is 0.619. The molecular weight excluding hydrogens is 467 g/mol. The Labute approximate surface area is 186 Å². The van der Waals surface area contributed by atoms with Gasteiger partial charge in [-0.05, 0) is 31.4 Å². The van der Waals surface area contributed by atoms with Crippen molar-refractivity contribution in [3.63, 3.8) is 0 Å². The van der Waals surface area contributed by atoms with Crippen molar-refractivity contribution >= 4 is 35.8 Å². The Balaban J connectivity index is 0.00000392. The van der Waals surface area contributed by atoms with Crippen molar-refractivity contribution in [1.82, 2.24) is 15.5 Å². The minimum absolute atomic E-state index is 0. The molecule has 1 aromatic rings. The molecule has 1 aliphatic heterocycles. The summed E-state index contributed by atoms with van der Waals surface area (Å²) in [7, 11) is 0. The number of nitrogens with one attached hydrogen (secondary N) is 2. The first-order chi connectivity index (χ1) is 13.0. The van der Waals surface area contributed by atoms with E-state index in [1.165, 1.54) is 11.1 Å². The van der Waals surface area contributed by atoms with Crippen LogP contribution >= 0.6 is 24.0 Å². The normalized spacial score (nSPS) is 16.8. The zero-order chi connectivity index (χ0) is 19.6. The summed E-state index contributed by atoms with van der Waals surface area (Å²) >= 11 is 0. The van der Waals surface area contributed by atoms with E-state index in [1.54, 1.807) is 0 Å². The minimum atomic E-state index is 0. The highest BCUT2D eigenvalue weighted by Crippen LogP contribution is 2.14. The number of benzene rings is 1. The van der Waals surface area contributed by atoms with Crippen LogP contribution in [0.5, 0.6) is 0 Å². The predicted octanol–water partition coefficient (Wildman–Crippen LogP) is 3.15. The molecule has 0 aromatic heterocycles. The first kappa shape index (κ1) is 24.7. The van der Waals surface area contributed by atoms with E-state index >= 15 is 0 Å². The molecule has 2 rings (SSSR count). The van der Waals surface area contributed by atoms with E-state index in [2.05, 4.69) is 29.7 Å². The van der Waals surface area contributed by atoms with Gasteiger partial charge in [0, 0.05) is 38.2 Å². The maximum absolute atomic E-state index is 12.2. The molecule has 0 saturated carbocycles. The molecule has 28 heavy (non-hydrogen) atoms. The number of rotatable bonds is 8. The van der Waals surface area contributed by atoms with Gasteiger partial charge in [-0.15, -0.1) is 24.0 Å². The number of hydrogen-bond acceptors (Lipinski definition) is 3. The molecule has 2 N–H and O–H groups in total. The monoisotopic (exact) mass is 502 g/mol. The van der Waals surface area contributed by atoms with Crippen molar-refractivity contribution in [2.45, 2.75) is 53.3 Å². The highest BCUT2D eigenvalue weighted by Gasteiger charge is 2.27. The number of amides is 1. The summed E-state index contributed by atoms with van der Waals surface area (Å²) in [5.74, 6) is 1.08. The lowest BCUT2D eigenvalue weighted by Gasteiger charge is -2.20. The van der Waals surface area contributed by atoms with E-state index in [4.69, 9.17) is 9.73 Å². The van der Waals surface area contributed by atoms with Crippen LogP contribution in [0.4, 0.5) is 0 Å². The molecule has 1 unspecified atom stereocenters. The van der Waals surface area contributed by atoms with Gasteiger partial charge in [-0.1, -0.05) is 38.1 Å². The zero-order valence-corrected chi connectivity index (χ0v) is 19.9. The zero-order valence-electron chi connectivity index (χ0n) is 17.5. The lowest BCUT2D eigenvalue weighted by Crippen LogP contribution is -2.45. The van der Waals surface area contributed by atoms with Gasteiger partial charge in [-0.25, -0.2) is 4.99 Å². The third-order valence-corrected chi connectivity index (χ3v) is 4.67. The van der Waals surface area contributed by atoms with Gasteiger partial charge in [0.15, 0.2) is 5.96 Å². The topological polar surface area (TPSA) is 66.0 Å². The second-order valence-corrected chi connectivity index (χ2v) is 7.17. The molecule has 1 fully saturated rings. The highest BCUT2D eigenvalue weighted by atomic mass is 127. The van der Waals surface area contributed by atoms with Crippen LogP contribution in [0.3, 0.4) is 0 Å². The molecule has 0 spiro atoms. The van der Waals surface area contributed by atoms with Gasteiger partial charge in [-0.3, -0.25) is 4.79 Å². The molecule has 0 aliphatic carbocycles. The van der Waals surface area contributed by atoms with E-state index in [1.807, 2.05) is 37.8 Å². The SMILES string of the molecule is CCNC(=NCc1ccccc1COCC)NC1CCN(C(=O)C(C)C)C1.I. The smallest absolute Gasteiger partial charge is 0.225 e. The second-order valence-electron chi connectivity index (χ2n) is 7.17. The number of carbonyl (C=O) groups excluding carboxylic acids is 1. The summed E-state index contributed by atoms with van der Waals surface area (Å²) in [6, 6.07) is 8.49. The fourth-order valence-electron chi connectivity index (χ4n) is 3.19. The van der Waals surface area contributed by atoms with Crippen LogP contribution in [-0.4, -0.2) is 49.0 Å². The van der Waals surface area contributed by atoms with Gasteiger partial charge in [0.05, 0.1) is 13.2 Å². The van der Waals surface area contributed by atoms with Crippen LogP contribution in [0.15, 0.2) is 29.3 Å². The van der Waals surface area contributed by atoms with E-state index in [-0.39, 0.29) is 41.8 Å². The third kappa shape index (κ3) is 7.58. The Morgan fingerprint density at radius 3 is 2.64 bits per heavy atom. The summed E-state index contributed by atoms with van der Waals surface area (Å²) in [5, 5.41) is 6.80. The Bertz CT molecular complexity index is 637. The van der Waals surface area contributed by atoms with Crippen molar-refractivity contribution in [1.29, 1.82) is 0 Å². The van der Waals surface area contributed by atoms with Gasteiger partial charge >= 0.3 is 0 Å². The van der Waals surface area contributed by atoms with Crippen molar-refractivity contribution in [2.75, 3.05) is 26.2 Å². The molecule has 1 amide bonds. The van der Waals surface area contributed by atoms with Crippen LogP contribution in [0.25, 0.3) is 0 Å². The highest BCUT2D eigenvalue weighted by molar-refractivity contribution is 14.0. The second kappa shape index (κ2) is 13.0. The molecule has 1 aromatic carbocycles. The first-order valence-electron chi connectivity index (χ1n) is 10.0. The van der Waals surface area contributed by atoms with Crippen LogP contribution in [-0.2, 0) is 22.7 Å². The standard InChI is InChI=1S/C21H34N4O2.HI/c1-5-22-21(24-19-11-12-25(14-19)20(26)16(3)4)23-13-17-9-7-8-10-18(17)15-27-6-2;/h7-10,16,19H,5-6,11-15H2,1-4H3,(H2,22,23,24);1H. The van der Waals surface area contributed by atoms with Gasteiger partial charge < -0.3 is 20.3 Å². The van der Waals surface area contributed by atoms with E-state index in [0.717, 1.165) is 32.0 Å². The van der Waals surface area contributed by atoms with Gasteiger partial charge in [0.1, 0.15) is 0 Å². The van der Waals surface area contributed by atoms with E-state index in [9.17, 15) is 4.79 Å². The summed E-state index contributed by atoms with van der Waals surface area (Å²) in [6.07, 6.45) is 0.948. The van der Waals surface area contributed by atoms with Crippen LogP contribution in [0.1, 0.15) is 45.2 Å². The lowest BCUT2D eigenvalue weighted by molar-refractivity contribution is -0.133. The molecule has 1 atom stereocenters. The summed E-state index contributed by atoms with van der Waals surface area (Å²) in [4.78, 5) is 18.9. The fourth-order valence-corrected chi connectivity index (χ4v) is 3.19. The van der Waals surface area contributed by atoms with Crippen molar-refractivity contribution < 1.29 is 9.53 Å². The predicted molar refractivity (Wildman–Crippen MR) is 125 cm³/mol. The summed E-state index contributed by atoms with van der Waals surface area (Å²) < 4.78 is 5.56. The summed E-state index contributed by atoms with van der Waals surface area (Å²) in [6.45, 7) is 12.2. The quantitative estimate of drug-likeness (QED) is 0.326. The molecule has 0 radical (unpaired) electrons. The van der Waals surface area contributed by atoms with Crippen LogP contribution < -0.4 is 10.6 Å². The average molecular weight is 502 g/mol. The lowest BCUT2D eigenvalue weighted by atomic mass is 10.1. The first-order valence-corrected chi connectivity index (χ1v) is 10.0. The minimum Gasteiger partial charge on any atom is -0.377 e. The molecule has 1 heterocycles. The number of ether oxygens (including phenoxy) is 1. The van der Waals surface area contributed by atoms with E-state index in [0.29, 0.717) is 19.8 Å². The molecule has 0 bridgehead atoms. The number of aliphatic imine (C=N–C) groups is 1. The van der Waals surface area contributed by atoms with E-state index < -0.39 is 0 Å². The number of carbonyl (C=O) groups is 1. The molecule has 158 valence electrons. The van der Waals surface area contributed by atoms with Crippen molar-refractivity contribution in [2.24, 2.45) is 10.9 Å². The number of nitrogens with zero attached hydrogens (tertiary/aromatic N) is 2. The van der Waals surface area contributed by atoms with Crippen LogP contribution in [0.2, 0.25) is 0 Å². The van der Waals surface area contributed by atoms with Crippen molar-refractivity contribution in [3.8, 4) is 0 Å². The molecule has 1 saturated heterocycles. The molecule has 1 aliphatic rings. The summed E-state index contributed by atoms with van der Waals surface area (Å²) in [5.41, 5.74) is 2.35. The number of hydrogen-bond donors (Lipinski definition) is 2. The Morgan fingerprint density at radius 1 is 1.29 bits per heavy atom. The number of halogens is 1. The number of guanidine groups is 1. The molecule has 6 nitrogen and oxygen atoms in total. The largest absolute Gasteiger partial charge is 0.377 e. The Hall–Kier alpha value is -1.35. The van der Waals surface area contributed by atoms with Gasteiger partial charge in [0.25, 0.3) is 0 Å². The third-order valence-electron chi connectivity index (χ3n) is 4.67. The van der Waals surface area contributed by atoms with Crippen LogP contribution in [0, 0.1) is 5.92 Å².